The van der Waals surface area contributed by atoms with Crippen LogP contribution in [0.15, 0.2) is 5.16 Å². The zero-order valence-corrected chi connectivity index (χ0v) is 7.31. The monoisotopic (exact) mass is 174 g/mol. The van der Waals surface area contributed by atoms with E-state index in [1.807, 2.05) is 11.8 Å². The zero-order chi connectivity index (χ0) is 8.10. The summed E-state index contributed by atoms with van der Waals surface area (Å²) in [5.41, 5.74) is 5.51. The summed E-state index contributed by atoms with van der Waals surface area (Å²) in [4.78, 5) is 0. The topological polar surface area (TPSA) is 58.6 Å². The van der Waals surface area contributed by atoms with E-state index < -0.39 is 0 Å². The molecule has 64 valence electrons. The molecule has 11 heavy (non-hydrogen) atoms. The van der Waals surface area contributed by atoms with E-state index in [0.29, 0.717) is 11.8 Å². The van der Waals surface area contributed by atoms with Gasteiger partial charge in [-0.25, -0.2) is 0 Å². The van der Waals surface area contributed by atoms with Crippen molar-refractivity contribution in [1.82, 2.24) is 0 Å². The molecule has 0 aliphatic carbocycles. The maximum absolute atomic E-state index is 8.44. The molecule has 0 unspecified atom stereocenters. The second-order valence-corrected chi connectivity index (χ2v) is 3.99. The van der Waals surface area contributed by atoms with Gasteiger partial charge in [0, 0.05) is 5.92 Å². The molecule has 0 spiro atoms. The molecular formula is C7H14N2OS. The lowest BCUT2D eigenvalue weighted by Crippen LogP contribution is -2.23. The second-order valence-electron chi connectivity index (χ2n) is 2.77. The standard InChI is InChI=1S/C7H14N2OS/c8-7(9-10)6-2-1-4-11-5-3-6/h6,10H,1-5H2,(H2,8,9)/t6-/m0/s1. The summed E-state index contributed by atoms with van der Waals surface area (Å²) in [6.45, 7) is 0. The zero-order valence-electron chi connectivity index (χ0n) is 6.49. The molecule has 1 heterocycles. The number of amidine groups is 1. The van der Waals surface area contributed by atoms with Crippen LogP contribution in [0.2, 0.25) is 0 Å². The van der Waals surface area contributed by atoms with Gasteiger partial charge in [0.25, 0.3) is 0 Å². The Kier molecular flexibility index (Phi) is 3.56. The first-order chi connectivity index (χ1) is 5.34. The Bertz CT molecular complexity index is 141. The Labute approximate surface area is 71.0 Å². The minimum atomic E-state index is 0.315. The summed E-state index contributed by atoms with van der Waals surface area (Å²) >= 11 is 1.96. The summed E-state index contributed by atoms with van der Waals surface area (Å²) in [6.07, 6.45) is 3.31. The van der Waals surface area contributed by atoms with Crippen LogP contribution in [0.1, 0.15) is 19.3 Å². The molecule has 1 rings (SSSR count). The van der Waals surface area contributed by atoms with Crippen LogP contribution in [0.5, 0.6) is 0 Å². The number of hydrogen-bond donors (Lipinski definition) is 2. The average Bonchev–Trinajstić information content (AvgIpc) is 2.30. The number of thioether (sulfide) groups is 1. The molecule has 0 aromatic heterocycles. The third-order valence-electron chi connectivity index (χ3n) is 1.99. The van der Waals surface area contributed by atoms with E-state index in [2.05, 4.69) is 5.16 Å². The van der Waals surface area contributed by atoms with Gasteiger partial charge in [0.1, 0.15) is 5.84 Å². The van der Waals surface area contributed by atoms with Gasteiger partial charge in [0.15, 0.2) is 0 Å². The van der Waals surface area contributed by atoms with Crippen molar-refractivity contribution in [3.8, 4) is 0 Å². The summed E-state index contributed by atoms with van der Waals surface area (Å²) in [7, 11) is 0. The predicted octanol–water partition coefficient (Wildman–Crippen LogP) is 1.27. The molecular weight excluding hydrogens is 160 g/mol. The first-order valence-corrected chi connectivity index (χ1v) is 5.05. The Morgan fingerprint density at radius 1 is 1.45 bits per heavy atom. The number of rotatable bonds is 1. The quantitative estimate of drug-likeness (QED) is 0.272. The number of nitrogens with zero attached hydrogens (tertiary/aromatic N) is 1. The largest absolute Gasteiger partial charge is 0.409 e. The summed E-state index contributed by atoms with van der Waals surface area (Å²) in [5, 5.41) is 11.5. The molecule has 4 heteroatoms. The Hall–Kier alpha value is -0.380. The maximum Gasteiger partial charge on any atom is 0.142 e. The average molecular weight is 174 g/mol. The van der Waals surface area contributed by atoms with Crippen molar-refractivity contribution < 1.29 is 5.21 Å². The van der Waals surface area contributed by atoms with E-state index in [9.17, 15) is 0 Å². The molecule has 3 nitrogen and oxygen atoms in total. The van der Waals surface area contributed by atoms with E-state index in [1.165, 1.54) is 12.2 Å². The van der Waals surface area contributed by atoms with Gasteiger partial charge < -0.3 is 10.9 Å². The Balaban J connectivity index is 2.42. The van der Waals surface area contributed by atoms with E-state index in [1.54, 1.807) is 0 Å². The van der Waals surface area contributed by atoms with E-state index in [4.69, 9.17) is 10.9 Å². The summed E-state index contributed by atoms with van der Waals surface area (Å²) in [5.74, 6) is 3.08. The number of nitrogens with two attached hydrogens (primary N) is 1. The highest BCUT2D eigenvalue weighted by atomic mass is 32.2. The fraction of sp³-hybridized carbons (Fsp3) is 0.857. The van der Waals surface area contributed by atoms with Crippen LogP contribution in [-0.4, -0.2) is 22.5 Å². The first-order valence-electron chi connectivity index (χ1n) is 3.89. The number of oxime groups is 1. The van der Waals surface area contributed by atoms with Gasteiger partial charge in [-0.3, -0.25) is 0 Å². The molecule has 1 aliphatic rings. The van der Waals surface area contributed by atoms with Gasteiger partial charge in [-0.1, -0.05) is 5.16 Å². The van der Waals surface area contributed by atoms with Crippen LogP contribution in [0.3, 0.4) is 0 Å². The maximum atomic E-state index is 8.44. The lowest BCUT2D eigenvalue weighted by molar-refractivity contribution is 0.313. The van der Waals surface area contributed by atoms with E-state index in [-0.39, 0.29) is 0 Å². The van der Waals surface area contributed by atoms with E-state index in [0.717, 1.165) is 18.6 Å². The molecule has 0 aromatic carbocycles. The normalized spacial score (nSPS) is 28.0. The van der Waals surface area contributed by atoms with Crippen molar-refractivity contribution in [1.29, 1.82) is 0 Å². The van der Waals surface area contributed by atoms with E-state index >= 15 is 0 Å². The molecule has 0 amide bonds. The fourth-order valence-electron chi connectivity index (χ4n) is 1.28. The van der Waals surface area contributed by atoms with Crippen molar-refractivity contribution in [2.24, 2.45) is 16.8 Å². The molecule has 0 radical (unpaired) electrons. The van der Waals surface area contributed by atoms with Gasteiger partial charge in [0.05, 0.1) is 0 Å². The molecule has 3 N–H and O–H groups in total. The second kappa shape index (κ2) is 4.49. The molecule has 1 fully saturated rings. The van der Waals surface area contributed by atoms with Crippen molar-refractivity contribution in [2.75, 3.05) is 11.5 Å². The first kappa shape index (κ1) is 8.71. The minimum absolute atomic E-state index is 0.315. The molecule has 1 aliphatic heterocycles. The van der Waals surface area contributed by atoms with Crippen LogP contribution in [0.4, 0.5) is 0 Å². The molecule has 0 bridgehead atoms. The minimum Gasteiger partial charge on any atom is -0.409 e. The van der Waals surface area contributed by atoms with Gasteiger partial charge >= 0.3 is 0 Å². The summed E-state index contributed by atoms with van der Waals surface area (Å²) in [6, 6.07) is 0. The van der Waals surface area contributed by atoms with Crippen LogP contribution < -0.4 is 5.73 Å². The van der Waals surface area contributed by atoms with Gasteiger partial charge in [-0.2, -0.15) is 11.8 Å². The molecule has 0 saturated carbocycles. The Morgan fingerprint density at radius 2 is 2.27 bits per heavy atom. The van der Waals surface area contributed by atoms with Crippen molar-refractivity contribution in [3.05, 3.63) is 0 Å². The lowest BCUT2D eigenvalue weighted by Gasteiger charge is -2.09. The lowest BCUT2D eigenvalue weighted by atomic mass is 10.00. The number of hydrogen-bond acceptors (Lipinski definition) is 3. The third-order valence-corrected chi connectivity index (χ3v) is 3.09. The molecule has 0 aromatic rings. The Morgan fingerprint density at radius 3 is 3.00 bits per heavy atom. The predicted molar refractivity (Wildman–Crippen MR) is 48.1 cm³/mol. The van der Waals surface area contributed by atoms with Gasteiger partial charge in [-0.05, 0) is 30.8 Å². The summed E-state index contributed by atoms with van der Waals surface area (Å²) < 4.78 is 0. The van der Waals surface area contributed by atoms with Crippen molar-refractivity contribution >= 4 is 17.6 Å². The SMILES string of the molecule is NC(=NO)[C@H]1CCCSCC1. The third kappa shape index (κ3) is 2.61. The van der Waals surface area contributed by atoms with Gasteiger partial charge in [0.2, 0.25) is 0 Å². The fourth-order valence-corrected chi connectivity index (χ4v) is 2.31. The molecule has 1 atom stereocenters. The smallest absolute Gasteiger partial charge is 0.142 e. The van der Waals surface area contributed by atoms with Crippen LogP contribution >= 0.6 is 11.8 Å². The van der Waals surface area contributed by atoms with Crippen molar-refractivity contribution in [2.45, 2.75) is 19.3 Å². The molecule has 1 saturated heterocycles. The van der Waals surface area contributed by atoms with Crippen molar-refractivity contribution in [3.63, 3.8) is 0 Å². The van der Waals surface area contributed by atoms with Crippen LogP contribution in [-0.2, 0) is 0 Å². The van der Waals surface area contributed by atoms with Crippen LogP contribution in [0.25, 0.3) is 0 Å². The highest BCUT2D eigenvalue weighted by molar-refractivity contribution is 7.99. The highest BCUT2D eigenvalue weighted by Crippen LogP contribution is 2.21. The van der Waals surface area contributed by atoms with Gasteiger partial charge in [-0.15, -0.1) is 0 Å². The highest BCUT2D eigenvalue weighted by Gasteiger charge is 2.15. The van der Waals surface area contributed by atoms with Crippen LogP contribution in [0, 0.1) is 5.92 Å².